The largest absolute Gasteiger partial charge is 0.461 e. The number of hydrogen-bond acceptors (Lipinski definition) is 21. The first kappa shape index (κ1) is 76.9. The number of aliphatic hydroxyl groups excluding tert-OH is 1. The van der Waals surface area contributed by atoms with Gasteiger partial charge < -0.3 is 78.3 Å². The van der Waals surface area contributed by atoms with Crippen LogP contribution in [0.3, 0.4) is 0 Å². The number of Topliss-reactive ketones (excluding diaryl/α,β-unsaturated/α-hetero) is 3. The Kier molecular flexibility index (Phi) is 27.4. The third-order valence-electron chi connectivity index (χ3n) is 21.7. The zero-order valence-electron chi connectivity index (χ0n) is 59.2. The predicted octanol–water partition coefficient (Wildman–Crippen LogP) is 6.65. The lowest BCUT2D eigenvalue weighted by molar-refractivity contribution is -0.292. The Morgan fingerprint density at radius 2 is 1.43 bits per heavy atom. The van der Waals surface area contributed by atoms with E-state index in [1.807, 2.05) is 27.7 Å². The van der Waals surface area contributed by atoms with Crippen LogP contribution in [0.2, 0.25) is 0 Å². The molecule has 554 valence electrons. The Balaban J connectivity index is 0.00000535. The van der Waals surface area contributed by atoms with Gasteiger partial charge in [0.05, 0.1) is 106 Å². The SMILES string of the molecule is C=C1CC2CC[C@@]34CC5O[C@H]6[C@@H](O3)[C@H]3OC(CC[C@@H]3O[C@H]6C5O4)CC(=O)C[C@H]3[C@H](C[C@H]4OC(CC[C@@H]1O2)C[C@@H](C)C4=C)OC(C[C@H](O)CCC(=O)OCc1ccc(CC(=O)[C@H](CCCNC(N)=O)NC(=O)[C@@H](CC(=O)CCOCCOCCN2C(=O)C=CC2=O)C(C)C)cc1)[C@@H]3OC.CC. The first-order chi connectivity index (χ1) is 48.1. The van der Waals surface area contributed by atoms with Crippen molar-refractivity contribution in [1.82, 2.24) is 15.5 Å². The normalized spacial score (nSPS) is 33.9. The number of nitrogens with two attached hydrogens (primary N) is 1. The van der Waals surface area contributed by atoms with Gasteiger partial charge in [0.2, 0.25) is 5.91 Å². The van der Waals surface area contributed by atoms with Gasteiger partial charge in [0.1, 0.15) is 48.7 Å². The molecule has 10 saturated heterocycles. The van der Waals surface area contributed by atoms with Crippen LogP contribution in [0.25, 0.3) is 0 Å². The van der Waals surface area contributed by atoms with Crippen LogP contribution in [-0.2, 0) is 103 Å². The van der Waals surface area contributed by atoms with Crippen LogP contribution < -0.4 is 16.4 Å². The van der Waals surface area contributed by atoms with Crippen molar-refractivity contribution in [2.24, 2.45) is 29.4 Å². The maximum Gasteiger partial charge on any atom is 0.312 e. The van der Waals surface area contributed by atoms with Crippen molar-refractivity contribution in [3.8, 4) is 0 Å². The van der Waals surface area contributed by atoms with E-state index >= 15 is 0 Å². The van der Waals surface area contributed by atoms with E-state index in [4.69, 9.17) is 62.6 Å². The summed E-state index contributed by atoms with van der Waals surface area (Å²) >= 11 is 0. The Morgan fingerprint density at radius 1 is 0.740 bits per heavy atom. The van der Waals surface area contributed by atoms with Crippen LogP contribution in [0.4, 0.5) is 4.79 Å². The van der Waals surface area contributed by atoms with Gasteiger partial charge in [0.25, 0.3) is 11.8 Å². The van der Waals surface area contributed by atoms with Gasteiger partial charge in [-0.3, -0.25) is 38.5 Å². The number of nitrogens with zero attached hydrogens (tertiary/aromatic N) is 1. The fraction of sp³-hybridized carbons (Fsp3) is 0.733. The minimum atomic E-state index is -0.983. The summed E-state index contributed by atoms with van der Waals surface area (Å²) in [5.41, 5.74) is 8.63. The monoisotopic (exact) mass is 1400 g/mol. The molecule has 100 heavy (non-hydrogen) atoms. The van der Waals surface area contributed by atoms with Crippen molar-refractivity contribution in [1.29, 1.82) is 0 Å². The third-order valence-corrected chi connectivity index (χ3v) is 21.7. The topological polar surface area (TPSA) is 321 Å². The second kappa shape index (κ2) is 35.7. The van der Waals surface area contributed by atoms with Crippen molar-refractivity contribution < 1.29 is 100 Å². The van der Waals surface area contributed by atoms with Crippen LogP contribution in [0, 0.1) is 23.7 Å². The van der Waals surface area contributed by atoms with Gasteiger partial charge in [-0.2, -0.15) is 0 Å². The maximum absolute atomic E-state index is 14.6. The molecule has 0 saturated carbocycles. The molecule has 25 heteroatoms. The molecule has 12 rings (SSSR count). The number of imide groups is 1. The standard InChI is InChI=1S/C73H102N4O21.C2H6/c1-40(2)52(34-47(79)22-26-88-28-29-89-27-25-77-62(82)18-19-63(77)83)71(85)76-54(8-7-24-75-72(74)86)55(81)32-44-9-11-45(12-10-44)39-90-64(84)20-13-46(78)36-60-65(87-6)53-35-48(80)33-50-15-17-57-66(93-50)70-69-68(95-57)67-61(96-69)38-73(97-67,98-70)23-21-51-31-42(4)56(91-51)16-14-49-30-41(3)43(5)58(92-49)37-59(53)94-60;1-2/h9-12,18-19,40-41,46,49-54,56-61,65-70,78H,4-5,7-8,13-17,20-39H2,1-3,6H3,(H,76,85)(H3,74,75,86);1-2H3/t41-,46-,49?,50?,51?,52+,53+,54+,56+,57+,58-,59+,60?,61?,65-,66+,67?,68+,69-,70+,73+;/m1./s1. The van der Waals surface area contributed by atoms with Crippen molar-refractivity contribution in [3.63, 3.8) is 0 Å². The van der Waals surface area contributed by atoms with Gasteiger partial charge in [-0.25, -0.2) is 4.79 Å². The minimum Gasteiger partial charge on any atom is -0.461 e. The van der Waals surface area contributed by atoms with Crippen molar-refractivity contribution in [2.75, 3.05) is 46.6 Å². The lowest BCUT2D eigenvalue weighted by Crippen LogP contribution is -2.61. The molecule has 0 aromatic heterocycles. The molecule has 1 aromatic rings. The summed E-state index contributed by atoms with van der Waals surface area (Å²) in [5.74, 6) is -4.31. The summed E-state index contributed by atoms with van der Waals surface area (Å²) < 4.78 is 77.6. The fourth-order valence-electron chi connectivity index (χ4n) is 16.3. The molecule has 11 aliphatic heterocycles. The summed E-state index contributed by atoms with van der Waals surface area (Å²) in [6.07, 6.45) is 4.61. The molecule has 11 aliphatic rings. The number of urea groups is 1. The molecule has 5 amide bonds. The van der Waals surface area contributed by atoms with Crippen LogP contribution in [0.5, 0.6) is 0 Å². The van der Waals surface area contributed by atoms with E-state index in [9.17, 15) is 43.5 Å². The average molecular weight is 1400 g/mol. The summed E-state index contributed by atoms with van der Waals surface area (Å²) in [5, 5.41) is 17.0. The number of hydrogen-bond donors (Lipinski definition) is 4. The number of aliphatic hydroxyl groups is 1. The number of esters is 1. The van der Waals surface area contributed by atoms with E-state index < -0.39 is 78.2 Å². The average Bonchev–Trinajstić information content (AvgIpc) is 1.55. The summed E-state index contributed by atoms with van der Waals surface area (Å²) in [7, 11) is 1.60. The minimum absolute atomic E-state index is 0.0104. The van der Waals surface area contributed by atoms with Crippen LogP contribution in [0.1, 0.15) is 168 Å². The van der Waals surface area contributed by atoms with E-state index in [1.54, 1.807) is 31.4 Å². The highest BCUT2D eigenvalue weighted by atomic mass is 16.8. The molecule has 25 nitrogen and oxygen atoms in total. The van der Waals surface area contributed by atoms with E-state index in [0.717, 1.165) is 48.2 Å². The first-order valence-electron chi connectivity index (χ1n) is 36.8. The quantitative estimate of drug-likeness (QED) is 0.0282. The molecule has 12 bridgehead atoms. The molecule has 6 unspecified atom stereocenters. The molecule has 5 N–H and O–H groups in total. The summed E-state index contributed by atoms with van der Waals surface area (Å²) in [6.45, 7) is 19.6. The van der Waals surface area contributed by atoms with Gasteiger partial charge in [-0.05, 0) is 98.3 Å². The molecule has 0 aliphatic carbocycles. The Bertz CT molecular complexity index is 3050. The number of ether oxygens (including phenoxy) is 12. The third kappa shape index (κ3) is 19.6. The summed E-state index contributed by atoms with van der Waals surface area (Å²) in [6, 6.07) is 5.30. The van der Waals surface area contributed by atoms with Crippen molar-refractivity contribution >= 4 is 47.1 Å². The zero-order chi connectivity index (χ0) is 71.4. The number of primary amides is 1. The molecule has 1 spiro atoms. The lowest BCUT2D eigenvalue weighted by Gasteiger charge is -2.47. The molecule has 10 fully saturated rings. The molecular formula is C75H108N4O21. The predicted molar refractivity (Wildman–Crippen MR) is 362 cm³/mol. The number of carbonyl (C=O) groups excluding carboxylic acids is 8. The Hall–Kier alpha value is -5.68. The number of carbonyl (C=O) groups is 8. The fourth-order valence-corrected chi connectivity index (χ4v) is 16.3. The van der Waals surface area contributed by atoms with Crippen LogP contribution in [0.15, 0.2) is 60.7 Å². The van der Waals surface area contributed by atoms with Crippen molar-refractivity contribution in [3.05, 3.63) is 71.8 Å². The zero-order valence-corrected chi connectivity index (χ0v) is 59.2. The number of rotatable bonds is 29. The maximum atomic E-state index is 14.6. The molecule has 0 radical (unpaired) electrons. The van der Waals surface area contributed by atoms with Gasteiger partial charge in [-0.15, -0.1) is 0 Å². The van der Waals surface area contributed by atoms with Crippen LogP contribution in [-0.4, -0.2) is 213 Å². The number of benzene rings is 1. The second-order valence-electron chi connectivity index (χ2n) is 29.1. The van der Waals surface area contributed by atoms with Gasteiger partial charge in [-0.1, -0.05) is 72.0 Å². The number of fused-ring (bicyclic) bond motifs is 6. The van der Waals surface area contributed by atoms with E-state index in [-0.39, 0.29) is 206 Å². The van der Waals surface area contributed by atoms with Gasteiger partial charge in [0.15, 0.2) is 11.6 Å². The highest BCUT2D eigenvalue weighted by molar-refractivity contribution is 6.12. The summed E-state index contributed by atoms with van der Waals surface area (Å²) in [4.78, 5) is 105. The number of amides is 5. The van der Waals surface area contributed by atoms with E-state index in [2.05, 4.69) is 30.7 Å². The van der Waals surface area contributed by atoms with Gasteiger partial charge in [0, 0.05) is 102 Å². The number of methoxy groups -OCH3 is 1. The van der Waals surface area contributed by atoms with E-state index in [1.165, 1.54) is 12.2 Å². The Morgan fingerprint density at radius 3 is 2.17 bits per heavy atom. The van der Waals surface area contributed by atoms with E-state index in [0.29, 0.717) is 49.7 Å². The first-order valence-corrected chi connectivity index (χ1v) is 36.8. The number of ketones is 3. The molecular weight excluding hydrogens is 1290 g/mol. The van der Waals surface area contributed by atoms with Crippen LogP contribution >= 0.6 is 0 Å². The molecule has 21 atom stereocenters. The highest BCUT2D eigenvalue weighted by Crippen LogP contribution is 2.55. The van der Waals surface area contributed by atoms with Gasteiger partial charge >= 0.3 is 12.0 Å². The number of nitrogens with one attached hydrogen (secondary N) is 2. The molecule has 1 aromatic carbocycles. The molecule has 11 heterocycles. The lowest BCUT2D eigenvalue weighted by atomic mass is 9.81. The Labute approximate surface area is 587 Å². The second-order valence-corrected chi connectivity index (χ2v) is 29.1. The van der Waals surface area contributed by atoms with Crippen molar-refractivity contribution in [2.45, 2.75) is 279 Å². The smallest absolute Gasteiger partial charge is 0.312 e. The highest BCUT2D eigenvalue weighted by Gasteiger charge is 2.69.